The molecule has 0 amide bonds. The van der Waals surface area contributed by atoms with Gasteiger partial charge in [0, 0.05) is 24.8 Å². The van der Waals surface area contributed by atoms with Crippen molar-refractivity contribution in [1.29, 1.82) is 0 Å². The van der Waals surface area contributed by atoms with Gasteiger partial charge < -0.3 is 134 Å². The second kappa shape index (κ2) is 27.9. The van der Waals surface area contributed by atoms with Crippen molar-refractivity contribution in [2.24, 2.45) is 17.8 Å². The molecule has 8 aliphatic rings. The van der Waals surface area contributed by atoms with E-state index in [1.165, 1.54) is 6.08 Å². The molecule has 8 fully saturated rings. The maximum absolute atomic E-state index is 13.2. The van der Waals surface area contributed by atoms with E-state index in [1.807, 2.05) is 0 Å². The molecule has 0 aromatic carbocycles. The van der Waals surface area contributed by atoms with Crippen LogP contribution in [0.4, 0.5) is 0 Å². The van der Waals surface area contributed by atoms with E-state index < -0.39 is 228 Å². The van der Waals surface area contributed by atoms with Gasteiger partial charge in [0.25, 0.3) is 0 Å². The van der Waals surface area contributed by atoms with Gasteiger partial charge in [-0.1, -0.05) is 6.08 Å². The Morgan fingerprint density at radius 3 is 1.80 bits per heavy atom. The first-order valence-corrected chi connectivity index (χ1v) is 27.3. The molecule has 0 aromatic heterocycles. The van der Waals surface area contributed by atoms with Crippen LogP contribution in [0.2, 0.25) is 0 Å². The molecule has 458 valence electrons. The predicted octanol–water partition coefficient (Wildman–Crippen LogP) is -7.71. The summed E-state index contributed by atoms with van der Waals surface area (Å²) in [4.78, 5) is 36.3. The molecule has 5 aliphatic heterocycles. The summed E-state index contributed by atoms with van der Waals surface area (Å²) in [6.07, 6.45) is -35.1. The number of fused-ring (bicyclic) bond motifs is 1. The van der Waals surface area contributed by atoms with Gasteiger partial charge in [-0.15, -0.1) is 0 Å². The number of rotatable bonds is 18. The highest BCUT2D eigenvalue weighted by atomic mass is 16.8. The molecular formula is C50H79O30+. The average Bonchev–Trinajstić information content (AvgIpc) is 3.44. The zero-order valence-corrected chi connectivity index (χ0v) is 43.5. The van der Waals surface area contributed by atoms with E-state index in [0.717, 1.165) is 0 Å². The quantitative estimate of drug-likeness (QED) is 0.0262. The maximum atomic E-state index is 13.2. The predicted molar refractivity (Wildman–Crippen MR) is 256 cm³/mol. The van der Waals surface area contributed by atoms with E-state index in [-0.39, 0.29) is 38.0 Å². The van der Waals surface area contributed by atoms with Crippen molar-refractivity contribution in [3.05, 3.63) is 12.2 Å². The molecular weight excluding hydrogens is 1080 g/mol. The summed E-state index contributed by atoms with van der Waals surface area (Å²) in [5.41, 5.74) is 0. The van der Waals surface area contributed by atoms with Crippen LogP contribution in [-0.2, 0) is 61.8 Å². The molecule has 5 saturated heterocycles. The smallest absolute Gasteiger partial charge is 0.330 e. The van der Waals surface area contributed by atoms with Gasteiger partial charge in [0.15, 0.2) is 37.4 Å². The van der Waals surface area contributed by atoms with Crippen molar-refractivity contribution in [2.75, 3.05) is 26.4 Å². The average molecular weight is 1160 g/mol. The summed E-state index contributed by atoms with van der Waals surface area (Å²) in [6.45, 7) is -2.55. The molecule has 30 heteroatoms. The number of esters is 2. The minimum absolute atomic E-state index is 0.0273. The Hall–Kier alpha value is -2.81. The SMILES string of the molecule is O=C(O)CC(=O)OCC1OC(OC2CC(O)CC3[OH+]C(C4CCC(O)C(O)C4)C(OC4OC(COC(=O)C=CC5CCC(OC6OC(CO)C(O)C(O)C6O)CC5)C(O)C(O)C4OC4OCC(O)C(O)C4O)CC23)C(O)C(O)C1O. The lowest BCUT2D eigenvalue weighted by Gasteiger charge is -2.50. The number of aliphatic carboxylic acids is 1. The molecule has 0 aromatic rings. The second-order valence-electron chi connectivity index (χ2n) is 22.3. The Kier molecular flexibility index (Phi) is 22.1. The van der Waals surface area contributed by atoms with Crippen molar-refractivity contribution in [3.8, 4) is 0 Å². The fraction of sp³-hybridized carbons (Fsp3) is 0.900. The Morgan fingerprint density at radius 2 is 1.14 bits per heavy atom. The minimum atomic E-state index is -1.96. The van der Waals surface area contributed by atoms with Crippen molar-refractivity contribution < 1.29 is 148 Å². The van der Waals surface area contributed by atoms with Gasteiger partial charge in [-0.2, -0.15) is 0 Å². The van der Waals surface area contributed by atoms with Crippen LogP contribution in [0.5, 0.6) is 0 Å². The van der Waals surface area contributed by atoms with Crippen LogP contribution < -0.4 is 0 Å². The van der Waals surface area contributed by atoms with E-state index in [2.05, 4.69) is 0 Å². The molecule has 0 spiro atoms. The largest absolute Gasteiger partial charge is 0.481 e. The Morgan fingerprint density at radius 1 is 0.537 bits per heavy atom. The standard InChI is InChI=1S/C50H78O30/c51-14-29-36(61)39(64)43(68)48(77-29)73-21-5-1-18(2-6-21)3-8-33(58)70-16-31-38(63)41(66)46(80-47-42(67)35(60)25(55)15-72-47)50(79-31)76-28-12-22-26(74-45(28)19-4-7-23(53)24(54)9-19)10-20(52)11-27(22)75-49-44(69)40(65)37(62)30(78-49)17-71-34(59)13-32(56)57/h3,8,18-31,35-55,60-69H,1-2,4-7,9-17H2,(H,56,57)/p+1. The summed E-state index contributed by atoms with van der Waals surface area (Å²) in [7, 11) is 0. The number of ether oxygens (including phenoxy) is 11. The molecule has 0 bridgehead atoms. The Bertz CT molecular complexity index is 2030. The topological polar surface area (TPSA) is 480 Å². The molecule has 3 saturated carbocycles. The van der Waals surface area contributed by atoms with Gasteiger partial charge >= 0.3 is 17.9 Å². The van der Waals surface area contributed by atoms with Crippen molar-refractivity contribution >= 4 is 17.9 Å². The number of hydrogen-bond donors (Lipinski definition) is 16. The lowest BCUT2D eigenvalue weighted by atomic mass is 9.72. The van der Waals surface area contributed by atoms with Crippen LogP contribution in [0.1, 0.15) is 70.6 Å². The van der Waals surface area contributed by atoms with Crippen LogP contribution in [0.3, 0.4) is 0 Å². The molecule has 0 radical (unpaired) electrons. The number of hydrogen-bond acceptors (Lipinski definition) is 28. The number of allylic oxidation sites excluding steroid dienone is 1. The highest BCUT2D eigenvalue weighted by molar-refractivity contribution is 5.90. The van der Waals surface area contributed by atoms with E-state index in [4.69, 9.17) is 57.2 Å². The van der Waals surface area contributed by atoms with Crippen LogP contribution in [0, 0.1) is 17.8 Å². The zero-order valence-electron chi connectivity index (χ0n) is 43.5. The molecule has 8 rings (SSSR count). The third-order valence-electron chi connectivity index (χ3n) is 16.7. The monoisotopic (exact) mass is 1160 g/mol. The van der Waals surface area contributed by atoms with Crippen LogP contribution in [0.15, 0.2) is 12.2 Å². The summed E-state index contributed by atoms with van der Waals surface area (Å²) in [6, 6.07) is 0. The highest BCUT2D eigenvalue weighted by Crippen LogP contribution is 2.44. The summed E-state index contributed by atoms with van der Waals surface area (Å²) in [5.74, 6) is -4.88. The number of aliphatic hydroxyl groups is 17. The first-order valence-electron chi connectivity index (χ1n) is 27.3. The number of carbonyl (C=O) groups excluding carboxylic acids is 2. The third-order valence-corrected chi connectivity index (χ3v) is 16.7. The summed E-state index contributed by atoms with van der Waals surface area (Å²) in [5, 5.41) is 169. The van der Waals surface area contributed by atoms with Crippen LogP contribution in [0.25, 0.3) is 0 Å². The molecule has 5 heterocycles. The van der Waals surface area contributed by atoms with E-state index in [1.54, 1.807) is 6.08 Å². The molecule has 28 unspecified atom stereocenters. The number of carbonyl (C=O) groups is 3. The van der Waals surface area contributed by atoms with E-state index in [0.29, 0.717) is 32.1 Å². The second-order valence-corrected chi connectivity index (χ2v) is 22.3. The van der Waals surface area contributed by atoms with Gasteiger partial charge in [-0.25, -0.2) is 4.79 Å². The lowest BCUT2D eigenvalue weighted by Crippen LogP contribution is -2.65. The Balaban J connectivity index is 0.974. The van der Waals surface area contributed by atoms with E-state index >= 15 is 0 Å². The summed E-state index contributed by atoms with van der Waals surface area (Å²) >= 11 is 0. The first-order chi connectivity index (χ1) is 38.0. The molecule has 17 N–H and O–H groups in total. The van der Waals surface area contributed by atoms with Gasteiger partial charge in [0.05, 0.1) is 49.7 Å². The van der Waals surface area contributed by atoms with Crippen LogP contribution in [-0.4, -0.2) is 296 Å². The van der Waals surface area contributed by atoms with Gasteiger partial charge in [0.1, 0.15) is 117 Å². The maximum Gasteiger partial charge on any atom is 0.330 e. The number of carboxylic acid groups (broad SMARTS) is 1. The molecule has 3 aliphatic carbocycles. The normalized spacial score (nSPS) is 48.4. The summed E-state index contributed by atoms with van der Waals surface area (Å²) < 4.78 is 63.5. The molecule has 30 nitrogen and oxygen atoms in total. The molecule has 80 heavy (non-hydrogen) atoms. The first kappa shape index (κ1) is 63.2. The zero-order chi connectivity index (χ0) is 57.9. The van der Waals surface area contributed by atoms with Gasteiger partial charge in [-0.05, 0) is 57.3 Å². The van der Waals surface area contributed by atoms with Crippen molar-refractivity contribution in [1.82, 2.24) is 0 Å². The fourth-order valence-corrected chi connectivity index (χ4v) is 12.1. The minimum Gasteiger partial charge on any atom is -0.481 e. The van der Waals surface area contributed by atoms with Crippen molar-refractivity contribution in [3.63, 3.8) is 0 Å². The fourth-order valence-electron chi connectivity index (χ4n) is 12.1. The lowest BCUT2D eigenvalue weighted by molar-refractivity contribution is -0.385. The third kappa shape index (κ3) is 15.0. The number of aliphatic hydroxyl groups excluding tert-OH is 15. The highest BCUT2D eigenvalue weighted by Gasteiger charge is 2.58. The van der Waals surface area contributed by atoms with Gasteiger partial charge in [-0.3, -0.25) is 9.59 Å². The Labute approximate surface area is 457 Å². The number of carboxylic acids is 1. The van der Waals surface area contributed by atoms with E-state index in [9.17, 15) is 91.0 Å². The van der Waals surface area contributed by atoms with Crippen LogP contribution >= 0.6 is 0 Å². The van der Waals surface area contributed by atoms with Crippen molar-refractivity contribution in [2.45, 2.75) is 236 Å². The van der Waals surface area contributed by atoms with Gasteiger partial charge in [0.2, 0.25) is 0 Å². The molecule has 28 atom stereocenters.